The Kier molecular flexibility index (Phi) is 6.33. The summed E-state index contributed by atoms with van der Waals surface area (Å²) in [6.45, 7) is 0.159. The van der Waals surface area contributed by atoms with Crippen molar-refractivity contribution in [2.45, 2.75) is 19.3 Å². The molecule has 1 rings (SSSR count). The Balaban J connectivity index is 2.24. The van der Waals surface area contributed by atoms with Gasteiger partial charge < -0.3 is 4.74 Å². The lowest BCUT2D eigenvalue weighted by molar-refractivity contribution is -0.145. The van der Waals surface area contributed by atoms with Crippen LogP contribution < -0.4 is 0 Å². The molecule has 0 unspecified atom stereocenters. The Morgan fingerprint density at radius 2 is 1.88 bits per heavy atom. The summed E-state index contributed by atoms with van der Waals surface area (Å²) < 4.78 is 4.72. The summed E-state index contributed by atoms with van der Waals surface area (Å²) >= 11 is 5.36. The maximum absolute atomic E-state index is 11.5. The van der Waals surface area contributed by atoms with Gasteiger partial charge >= 0.3 is 5.97 Å². The number of aryl methyl sites for hydroxylation is 1. The number of carbonyl (C=O) groups is 2. The number of benzene rings is 1. The van der Waals surface area contributed by atoms with Crippen molar-refractivity contribution in [1.29, 1.82) is 0 Å². The van der Waals surface area contributed by atoms with Gasteiger partial charge in [0.25, 0.3) is 0 Å². The highest BCUT2D eigenvalue weighted by Crippen LogP contribution is 2.04. The minimum Gasteiger partial charge on any atom is -0.464 e. The monoisotopic (exact) mass is 254 g/mol. The Bertz CT molecular complexity index is 362. The molecule has 0 atom stereocenters. The first kappa shape index (κ1) is 13.7. The predicted molar refractivity (Wildman–Crippen MR) is 66.1 cm³/mol. The molecule has 0 N–H and O–H groups in total. The first-order valence-electron chi connectivity index (χ1n) is 5.49. The Morgan fingerprint density at radius 1 is 1.18 bits per heavy atom. The van der Waals surface area contributed by atoms with Crippen LogP contribution in [0.5, 0.6) is 0 Å². The van der Waals surface area contributed by atoms with Gasteiger partial charge in [-0.15, -0.1) is 11.6 Å². The van der Waals surface area contributed by atoms with Crippen molar-refractivity contribution in [3.05, 3.63) is 35.9 Å². The molecule has 0 spiro atoms. The van der Waals surface area contributed by atoms with Gasteiger partial charge in [-0.3, -0.25) is 9.59 Å². The van der Waals surface area contributed by atoms with Gasteiger partial charge in [0.1, 0.15) is 18.8 Å². The number of esters is 1. The van der Waals surface area contributed by atoms with Gasteiger partial charge in [-0.2, -0.15) is 0 Å². The zero-order valence-electron chi connectivity index (χ0n) is 9.52. The minimum absolute atomic E-state index is 0.103. The number of halogens is 1. The number of Topliss-reactive ketones (excluding diaryl/α,β-unsaturated/α-hetero) is 1. The molecule has 0 saturated carbocycles. The molecule has 3 nitrogen and oxygen atoms in total. The maximum Gasteiger partial charge on any atom is 0.313 e. The van der Waals surface area contributed by atoms with E-state index in [1.807, 2.05) is 30.3 Å². The van der Waals surface area contributed by atoms with E-state index in [4.69, 9.17) is 16.3 Å². The molecule has 0 amide bonds. The molecule has 0 aliphatic heterocycles. The number of rotatable bonds is 7. The molecule has 1 aromatic carbocycles. The van der Waals surface area contributed by atoms with Crippen molar-refractivity contribution in [3.63, 3.8) is 0 Å². The molecule has 0 aliphatic carbocycles. The molecule has 0 aromatic heterocycles. The quantitative estimate of drug-likeness (QED) is 0.426. The molecule has 0 aliphatic rings. The molecule has 92 valence electrons. The van der Waals surface area contributed by atoms with E-state index in [0.717, 1.165) is 5.56 Å². The lowest BCUT2D eigenvalue weighted by Gasteiger charge is -2.02. The van der Waals surface area contributed by atoms with Crippen molar-refractivity contribution in [1.82, 2.24) is 0 Å². The van der Waals surface area contributed by atoms with E-state index < -0.39 is 5.97 Å². The standard InChI is InChI=1S/C13H15ClO3/c14-8-9-17-13(16)10-12(15)7-6-11-4-2-1-3-5-11/h1-5H,6-10H2. The molecule has 1 aromatic rings. The van der Waals surface area contributed by atoms with Gasteiger partial charge in [-0.1, -0.05) is 30.3 Å². The second kappa shape index (κ2) is 7.85. The first-order chi connectivity index (χ1) is 8.22. The van der Waals surface area contributed by atoms with E-state index >= 15 is 0 Å². The highest BCUT2D eigenvalue weighted by Gasteiger charge is 2.10. The second-order valence-corrected chi connectivity index (χ2v) is 3.99. The van der Waals surface area contributed by atoms with Crippen molar-refractivity contribution < 1.29 is 14.3 Å². The fraction of sp³-hybridized carbons (Fsp3) is 0.385. The predicted octanol–water partition coefficient (Wildman–Crippen LogP) is 2.36. The number of ether oxygens (including phenoxy) is 1. The number of ketones is 1. The smallest absolute Gasteiger partial charge is 0.313 e. The van der Waals surface area contributed by atoms with Crippen molar-refractivity contribution in [2.75, 3.05) is 12.5 Å². The van der Waals surface area contributed by atoms with E-state index in [0.29, 0.717) is 12.8 Å². The third-order valence-electron chi connectivity index (χ3n) is 2.22. The third-order valence-corrected chi connectivity index (χ3v) is 2.37. The van der Waals surface area contributed by atoms with Crippen molar-refractivity contribution in [2.24, 2.45) is 0 Å². The van der Waals surface area contributed by atoms with Crippen LogP contribution in [0.1, 0.15) is 18.4 Å². The van der Waals surface area contributed by atoms with Crippen LogP contribution in [0.25, 0.3) is 0 Å². The molecule has 4 heteroatoms. The van der Waals surface area contributed by atoms with Crippen LogP contribution >= 0.6 is 11.6 Å². The van der Waals surface area contributed by atoms with Gasteiger partial charge in [0, 0.05) is 6.42 Å². The number of alkyl halides is 1. The summed E-state index contributed by atoms with van der Waals surface area (Å²) in [6, 6.07) is 9.69. The molecule has 0 saturated heterocycles. The Labute approximate surface area is 106 Å². The normalized spacial score (nSPS) is 9.94. The fourth-order valence-corrected chi connectivity index (χ4v) is 1.46. The average Bonchev–Trinajstić information content (AvgIpc) is 2.35. The average molecular weight is 255 g/mol. The zero-order valence-corrected chi connectivity index (χ0v) is 10.3. The van der Waals surface area contributed by atoms with Crippen LogP contribution in [-0.4, -0.2) is 24.2 Å². The van der Waals surface area contributed by atoms with E-state index in [1.54, 1.807) is 0 Å². The van der Waals surface area contributed by atoms with E-state index in [1.165, 1.54) is 0 Å². The van der Waals surface area contributed by atoms with Gasteiger partial charge in [0.05, 0.1) is 5.88 Å². The third kappa shape index (κ3) is 6.07. The molecular formula is C13H15ClO3. The van der Waals surface area contributed by atoms with Crippen LogP contribution in [0.4, 0.5) is 0 Å². The summed E-state index contributed by atoms with van der Waals surface area (Å²) in [6.07, 6.45) is 0.853. The Morgan fingerprint density at radius 3 is 2.53 bits per heavy atom. The van der Waals surface area contributed by atoms with Crippen molar-refractivity contribution in [3.8, 4) is 0 Å². The lowest BCUT2D eigenvalue weighted by Crippen LogP contribution is -2.13. The molecule has 0 bridgehead atoms. The van der Waals surface area contributed by atoms with Gasteiger partial charge in [-0.05, 0) is 12.0 Å². The minimum atomic E-state index is -0.497. The molecule has 0 fully saturated rings. The summed E-state index contributed by atoms with van der Waals surface area (Å²) in [5.74, 6) is -0.346. The van der Waals surface area contributed by atoms with Crippen LogP contribution in [-0.2, 0) is 20.7 Å². The fourth-order valence-electron chi connectivity index (χ4n) is 1.38. The topological polar surface area (TPSA) is 43.4 Å². The summed E-state index contributed by atoms with van der Waals surface area (Å²) in [5.41, 5.74) is 1.09. The highest BCUT2D eigenvalue weighted by molar-refractivity contribution is 6.18. The summed E-state index contributed by atoms with van der Waals surface area (Å²) in [4.78, 5) is 22.6. The largest absolute Gasteiger partial charge is 0.464 e. The first-order valence-corrected chi connectivity index (χ1v) is 6.03. The van der Waals surface area contributed by atoms with Crippen LogP contribution in [0.3, 0.4) is 0 Å². The number of hydrogen-bond donors (Lipinski definition) is 0. The molecule has 0 radical (unpaired) electrons. The number of carbonyl (C=O) groups excluding carboxylic acids is 2. The van der Waals surface area contributed by atoms with Gasteiger partial charge in [0.2, 0.25) is 0 Å². The summed E-state index contributed by atoms with van der Waals surface area (Å²) in [5, 5.41) is 0. The highest BCUT2D eigenvalue weighted by atomic mass is 35.5. The van der Waals surface area contributed by atoms with Crippen LogP contribution in [0.2, 0.25) is 0 Å². The van der Waals surface area contributed by atoms with E-state index in [-0.39, 0.29) is 24.7 Å². The SMILES string of the molecule is O=C(CCc1ccccc1)CC(=O)OCCCl. The molecule has 0 heterocycles. The van der Waals surface area contributed by atoms with Crippen LogP contribution in [0, 0.1) is 0 Å². The Hall–Kier alpha value is -1.35. The lowest BCUT2D eigenvalue weighted by atomic mass is 10.1. The van der Waals surface area contributed by atoms with Gasteiger partial charge in [-0.25, -0.2) is 0 Å². The molecular weight excluding hydrogens is 240 g/mol. The van der Waals surface area contributed by atoms with Crippen molar-refractivity contribution >= 4 is 23.4 Å². The maximum atomic E-state index is 11.5. The molecule has 17 heavy (non-hydrogen) atoms. The second-order valence-electron chi connectivity index (χ2n) is 3.61. The van der Waals surface area contributed by atoms with E-state index in [2.05, 4.69) is 0 Å². The zero-order chi connectivity index (χ0) is 12.5. The summed E-state index contributed by atoms with van der Waals surface area (Å²) in [7, 11) is 0. The van der Waals surface area contributed by atoms with E-state index in [9.17, 15) is 9.59 Å². The van der Waals surface area contributed by atoms with Gasteiger partial charge in [0.15, 0.2) is 0 Å². The number of hydrogen-bond acceptors (Lipinski definition) is 3. The van der Waals surface area contributed by atoms with Crippen LogP contribution in [0.15, 0.2) is 30.3 Å².